The highest BCUT2D eigenvalue weighted by Gasteiger charge is 2.45. The monoisotopic (exact) mass is 308 g/mol. The molecule has 3 heteroatoms. The van der Waals surface area contributed by atoms with Crippen molar-refractivity contribution in [3.05, 3.63) is 65.7 Å². The molecule has 0 unspecified atom stereocenters. The smallest absolute Gasteiger partial charge is 0.319 e. The zero-order valence-electron chi connectivity index (χ0n) is 14.0. The molecule has 0 bridgehead atoms. The zero-order chi connectivity index (χ0) is 16.5. The van der Waals surface area contributed by atoms with Crippen LogP contribution in [0.3, 0.4) is 0 Å². The Hall–Kier alpha value is -2.29. The third-order valence-corrected chi connectivity index (χ3v) is 4.41. The Balaban J connectivity index is 1.74. The Morgan fingerprint density at radius 3 is 2.17 bits per heavy atom. The molecule has 0 radical (unpaired) electrons. The van der Waals surface area contributed by atoms with Crippen LogP contribution in [0.25, 0.3) is 0 Å². The van der Waals surface area contributed by atoms with Gasteiger partial charge in [-0.3, -0.25) is 0 Å². The summed E-state index contributed by atoms with van der Waals surface area (Å²) in [5, 5.41) is 6.19. The number of para-hydroxylation sites is 1. The second-order valence-electron chi connectivity index (χ2n) is 7.32. The van der Waals surface area contributed by atoms with Gasteiger partial charge in [0.25, 0.3) is 0 Å². The summed E-state index contributed by atoms with van der Waals surface area (Å²) in [7, 11) is 0. The fourth-order valence-corrected chi connectivity index (χ4v) is 2.99. The molecule has 0 heterocycles. The van der Waals surface area contributed by atoms with Crippen LogP contribution < -0.4 is 10.6 Å². The summed E-state index contributed by atoms with van der Waals surface area (Å²) in [6, 6.07) is 18.1. The quantitative estimate of drug-likeness (QED) is 0.840. The lowest BCUT2D eigenvalue weighted by Gasteiger charge is -2.24. The normalized spacial score (nSPS) is 15.8. The van der Waals surface area contributed by atoms with Crippen molar-refractivity contribution in [1.82, 2.24) is 5.32 Å². The Kier molecular flexibility index (Phi) is 3.88. The number of anilines is 1. The predicted molar refractivity (Wildman–Crippen MR) is 94.7 cm³/mol. The number of benzene rings is 2. The number of carbonyl (C=O) groups is 1. The highest BCUT2D eigenvalue weighted by atomic mass is 16.2. The second kappa shape index (κ2) is 5.73. The highest BCUT2D eigenvalue weighted by molar-refractivity contribution is 5.91. The SMILES string of the molecule is CC(C)(C)c1ccccc1NC(=O)NC1(c2ccccc2)CC1. The standard InChI is InChI=1S/C20H24N2O/c1-19(2,3)16-11-7-8-12-17(16)21-18(23)22-20(13-14-20)15-9-5-4-6-10-15/h4-12H,13-14H2,1-3H3,(H2,21,22,23). The van der Waals surface area contributed by atoms with E-state index in [1.807, 2.05) is 36.4 Å². The van der Waals surface area contributed by atoms with Gasteiger partial charge in [-0.2, -0.15) is 0 Å². The van der Waals surface area contributed by atoms with E-state index in [1.165, 1.54) is 5.56 Å². The molecule has 2 N–H and O–H groups in total. The summed E-state index contributed by atoms with van der Waals surface area (Å²) in [6.07, 6.45) is 1.98. The van der Waals surface area contributed by atoms with Crippen molar-refractivity contribution in [2.45, 2.75) is 44.6 Å². The van der Waals surface area contributed by atoms with Crippen LogP contribution >= 0.6 is 0 Å². The molecule has 1 fully saturated rings. The van der Waals surface area contributed by atoms with Crippen molar-refractivity contribution in [3.63, 3.8) is 0 Å². The van der Waals surface area contributed by atoms with Crippen molar-refractivity contribution in [2.75, 3.05) is 5.32 Å². The number of nitrogens with one attached hydrogen (secondary N) is 2. The van der Waals surface area contributed by atoms with E-state index in [2.05, 4.69) is 49.6 Å². The molecule has 3 nitrogen and oxygen atoms in total. The van der Waals surface area contributed by atoms with Crippen LogP contribution in [0.15, 0.2) is 54.6 Å². The Bertz CT molecular complexity index is 697. The molecule has 0 spiro atoms. The lowest BCUT2D eigenvalue weighted by molar-refractivity contribution is 0.247. The average molecular weight is 308 g/mol. The molecule has 2 aromatic rings. The van der Waals surface area contributed by atoms with Crippen LogP contribution in [0.1, 0.15) is 44.7 Å². The number of hydrogen-bond donors (Lipinski definition) is 2. The third kappa shape index (κ3) is 3.39. The maximum atomic E-state index is 12.5. The van der Waals surface area contributed by atoms with E-state index in [4.69, 9.17) is 0 Å². The molecule has 1 aliphatic rings. The molecule has 2 amide bonds. The molecule has 1 saturated carbocycles. The maximum absolute atomic E-state index is 12.5. The summed E-state index contributed by atoms with van der Waals surface area (Å²) in [4.78, 5) is 12.5. The van der Waals surface area contributed by atoms with E-state index in [-0.39, 0.29) is 17.0 Å². The number of rotatable bonds is 3. The molecule has 1 aliphatic carbocycles. The van der Waals surface area contributed by atoms with Gasteiger partial charge in [0.2, 0.25) is 0 Å². The fourth-order valence-electron chi connectivity index (χ4n) is 2.99. The van der Waals surface area contributed by atoms with Gasteiger partial charge in [-0.15, -0.1) is 0 Å². The minimum Gasteiger partial charge on any atom is -0.328 e. The van der Waals surface area contributed by atoms with Gasteiger partial charge in [-0.25, -0.2) is 4.79 Å². The van der Waals surface area contributed by atoms with Gasteiger partial charge in [0.1, 0.15) is 0 Å². The summed E-state index contributed by atoms with van der Waals surface area (Å²) in [5.74, 6) is 0. The van der Waals surface area contributed by atoms with Crippen LogP contribution in [-0.2, 0) is 11.0 Å². The molecule has 0 aliphatic heterocycles. The summed E-state index contributed by atoms with van der Waals surface area (Å²) >= 11 is 0. The van der Waals surface area contributed by atoms with Crippen LogP contribution in [-0.4, -0.2) is 6.03 Å². The van der Waals surface area contributed by atoms with Crippen molar-refractivity contribution in [2.24, 2.45) is 0 Å². The first-order valence-electron chi connectivity index (χ1n) is 8.15. The van der Waals surface area contributed by atoms with E-state index < -0.39 is 0 Å². The van der Waals surface area contributed by atoms with Crippen molar-refractivity contribution < 1.29 is 4.79 Å². The lowest BCUT2D eigenvalue weighted by Crippen LogP contribution is -2.38. The van der Waals surface area contributed by atoms with E-state index in [1.54, 1.807) is 0 Å². The first kappa shape index (κ1) is 15.6. The van der Waals surface area contributed by atoms with Gasteiger partial charge in [0, 0.05) is 5.69 Å². The van der Waals surface area contributed by atoms with Gasteiger partial charge in [-0.05, 0) is 35.4 Å². The van der Waals surface area contributed by atoms with Crippen molar-refractivity contribution in [3.8, 4) is 0 Å². The molecular formula is C20H24N2O. The van der Waals surface area contributed by atoms with Gasteiger partial charge >= 0.3 is 6.03 Å². The van der Waals surface area contributed by atoms with Gasteiger partial charge in [0.05, 0.1) is 5.54 Å². The van der Waals surface area contributed by atoms with Gasteiger partial charge < -0.3 is 10.6 Å². The lowest BCUT2D eigenvalue weighted by atomic mass is 9.86. The molecular weight excluding hydrogens is 284 g/mol. The second-order valence-corrected chi connectivity index (χ2v) is 7.32. The fraction of sp³-hybridized carbons (Fsp3) is 0.350. The summed E-state index contributed by atoms with van der Waals surface area (Å²) < 4.78 is 0. The average Bonchev–Trinajstić information content (AvgIpc) is 3.28. The van der Waals surface area contributed by atoms with E-state index >= 15 is 0 Å². The summed E-state index contributed by atoms with van der Waals surface area (Å²) in [5.41, 5.74) is 2.99. The topological polar surface area (TPSA) is 41.1 Å². The Labute approximate surface area is 138 Å². The predicted octanol–water partition coefficient (Wildman–Crippen LogP) is 4.79. The van der Waals surface area contributed by atoms with Gasteiger partial charge in [-0.1, -0.05) is 69.3 Å². The first-order chi connectivity index (χ1) is 10.9. The van der Waals surface area contributed by atoms with Gasteiger partial charge in [0.15, 0.2) is 0 Å². The van der Waals surface area contributed by atoms with Crippen molar-refractivity contribution in [1.29, 1.82) is 0 Å². The first-order valence-corrected chi connectivity index (χ1v) is 8.15. The van der Waals surface area contributed by atoms with E-state index in [9.17, 15) is 4.79 Å². The summed E-state index contributed by atoms with van der Waals surface area (Å²) in [6.45, 7) is 6.45. The van der Waals surface area contributed by atoms with E-state index in [0.717, 1.165) is 24.1 Å². The molecule has 3 rings (SSSR count). The number of hydrogen-bond acceptors (Lipinski definition) is 1. The largest absolute Gasteiger partial charge is 0.328 e. The number of urea groups is 1. The van der Waals surface area contributed by atoms with Crippen molar-refractivity contribution >= 4 is 11.7 Å². The minimum atomic E-state index is -0.192. The number of amides is 2. The van der Waals surface area contributed by atoms with Crippen LogP contribution in [0, 0.1) is 0 Å². The molecule has 2 aromatic carbocycles. The molecule has 23 heavy (non-hydrogen) atoms. The maximum Gasteiger partial charge on any atom is 0.319 e. The van der Waals surface area contributed by atoms with Crippen LogP contribution in [0.4, 0.5) is 10.5 Å². The minimum absolute atomic E-state index is 0.0133. The molecule has 0 atom stereocenters. The Morgan fingerprint density at radius 2 is 1.57 bits per heavy atom. The highest BCUT2D eigenvalue weighted by Crippen LogP contribution is 2.45. The molecule has 0 saturated heterocycles. The zero-order valence-corrected chi connectivity index (χ0v) is 14.0. The van der Waals surface area contributed by atoms with E-state index in [0.29, 0.717) is 0 Å². The Morgan fingerprint density at radius 1 is 0.957 bits per heavy atom. The third-order valence-electron chi connectivity index (χ3n) is 4.41. The van der Waals surface area contributed by atoms with Crippen LogP contribution in [0.2, 0.25) is 0 Å². The van der Waals surface area contributed by atoms with Crippen LogP contribution in [0.5, 0.6) is 0 Å². The molecule has 120 valence electrons. The number of carbonyl (C=O) groups excluding carboxylic acids is 1. The molecule has 0 aromatic heterocycles.